The summed E-state index contributed by atoms with van der Waals surface area (Å²) in [5.41, 5.74) is 11.7. The molecular formula is C16H19N. The topological polar surface area (TPSA) is 26.0 Å². The van der Waals surface area contributed by atoms with Gasteiger partial charge in [0.25, 0.3) is 0 Å². The minimum atomic E-state index is 0.831. The van der Waals surface area contributed by atoms with Gasteiger partial charge < -0.3 is 5.73 Å². The van der Waals surface area contributed by atoms with E-state index in [2.05, 4.69) is 44.2 Å². The van der Waals surface area contributed by atoms with Crippen molar-refractivity contribution in [3.8, 4) is 11.1 Å². The highest BCUT2D eigenvalue weighted by Gasteiger charge is 2.00. The molecule has 2 N–H and O–H groups in total. The molecule has 0 spiro atoms. The number of anilines is 1. The van der Waals surface area contributed by atoms with Gasteiger partial charge in [-0.25, -0.2) is 0 Å². The van der Waals surface area contributed by atoms with Crippen molar-refractivity contribution in [2.45, 2.75) is 26.7 Å². The zero-order valence-corrected chi connectivity index (χ0v) is 10.5. The fraction of sp³-hybridized carbons (Fsp3) is 0.250. The predicted octanol–water partition coefficient (Wildman–Crippen LogP) is 4.20. The number of hydrogen-bond acceptors (Lipinski definition) is 1. The average molecular weight is 225 g/mol. The van der Waals surface area contributed by atoms with E-state index in [-0.39, 0.29) is 0 Å². The maximum absolute atomic E-state index is 5.87. The van der Waals surface area contributed by atoms with Gasteiger partial charge in [-0.15, -0.1) is 0 Å². The minimum absolute atomic E-state index is 0.831. The molecule has 0 aromatic heterocycles. The quantitative estimate of drug-likeness (QED) is 0.778. The summed E-state index contributed by atoms with van der Waals surface area (Å²) < 4.78 is 0. The zero-order chi connectivity index (χ0) is 12.3. The van der Waals surface area contributed by atoms with Gasteiger partial charge in [-0.3, -0.25) is 0 Å². The van der Waals surface area contributed by atoms with Crippen LogP contribution in [0.4, 0.5) is 5.69 Å². The Morgan fingerprint density at radius 1 is 0.941 bits per heavy atom. The second kappa shape index (κ2) is 5.05. The first-order valence-corrected chi connectivity index (χ1v) is 6.15. The van der Waals surface area contributed by atoms with Crippen molar-refractivity contribution < 1.29 is 0 Å². The van der Waals surface area contributed by atoms with Crippen LogP contribution in [0.25, 0.3) is 11.1 Å². The highest BCUT2D eigenvalue weighted by Crippen LogP contribution is 2.24. The fourth-order valence-electron chi connectivity index (χ4n) is 2.13. The van der Waals surface area contributed by atoms with Gasteiger partial charge in [0.2, 0.25) is 0 Å². The second-order valence-electron chi connectivity index (χ2n) is 4.58. The van der Waals surface area contributed by atoms with Crippen molar-refractivity contribution in [3.63, 3.8) is 0 Å². The Labute approximate surface area is 103 Å². The van der Waals surface area contributed by atoms with Gasteiger partial charge >= 0.3 is 0 Å². The van der Waals surface area contributed by atoms with Crippen LogP contribution in [-0.4, -0.2) is 0 Å². The van der Waals surface area contributed by atoms with Crippen LogP contribution in [0.5, 0.6) is 0 Å². The van der Waals surface area contributed by atoms with Gasteiger partial charge in [-0.05, 0) is 47.7 Å². The van der Waals surface area contributed by atoms with Crippen LogP contribution in [0.3, 0.4) is 0 Å². The van der Waals surface area contributed by atoms with Gasteiger partial charge in [0.1, 0.15) is 0 Å². The smallest absolute Gasteiger partial charge is 0.0322 e. The van der Waals surface area contributed by atoms with Gasteiger partial charge in [-0.1, -0.05) is 43.7 Å². The van der Waals surface area contributed by atoms with Crippen molar-refractivity contribution >= 4 is 5.69 Å². The first-order valence-electron chi connectivity index (χ1n) is 6.15. The standard InChI is InChI=1S/C16H19N/c1-3-4-13-5-7-14(8-6-13)15-9-12(2)10-16(17)11-15/h5-11H,3-4,17H2,1-2H3. The summed E-state index contributed by atoms with van der Waals surface area (Å²) in [6.45, 7) is 4.28. The third-order valence-electron chi connectivity index (χ3n) is 2.93. The second-order valence-corrected chi connectivity index (χ2v) is 4.58. The molecule has 2 aromatic carbocycles. The molecule has 1 nitrogen and oxygen atoms in total. The molecule has 2 rings (SSSR count). The molecule has 0 atom stereocenters. The number of nitrogens with two attached hydrogens (primary N) is 1. The Morgan fingerprint density at radius 2 is 1.65 bits per heavy atom. The molecular weight excluding hydrogens is 206 g/mol. The fourth-order valence-corrected chi connectivity index (χ4v) is 2.13. The van der Waals surface area contributed by atoms with Crippen LogP contribution in [0.15, 0.2) is 42.5 Å². The lowest BCUT2D eigenvalue weighted by Crippen LogP contribution is -1.88. The molecule has 88 valence electrons. The summed E-state index contributed by atoms with van der Waals surface area (Å²) in [7, 11) is 0. The van der Waals surface area contributed by atoms with Crippen molar-refractivity contribution in [1.29, 1.82) is 0 Å². The van der Waals surface area contributed by atoms with Gasteiger partial charge in [0.15, 0.2) is 0 Å². The molecule has 0 fully saturated rings. The van der Waals surface area contributed by atoms with Crippen molar-refractivity contribution in [2.24, 2.45) is 0 Å². The molecule has 0 unspecified atom stereocenters. The summed E-state index contributed by atoms with van der Waals surface area (Å²) in [4.78, 5) is 0. The lowest BCUT2D eigenvalue weighted by atomic mass is 10.0. The Morgan fingerprint density at radius 3 is 2.24 bits per heavy atom. The summed E-state index contributed by atoms with van der Waals surface area (Å²) in [6.07, 6.45) is 2.34. The van der Waals surface area contributed by atoms with Crippen LogP contribution in [0.1, 0.15) is 24.5 Å². The van der Waals surface area contributed by atoms with E-state index in [1.807, 2.05) is 12.1 Å². The maximum Gasteiger partial charge on any atom is 0.0322 e. The number of hydrogen-bond donors (Lipinski definition) is 1. The molecule has 0 aliphatic carbocycles. The lowest BCUT2D eigenvalue weighted by Gasteiger charge is -2.06. The zero-order valence-electron chi connectivity index (χ0n) is 10.5. The Balaban J connectivity index is 2.32. The van der Waals surface area contributed by atoms with E-state index in [1.54, 1.807) is 0 Å². The Hall–Kier alpha value is -1.76. The molecule has 0 saturated carbocycles. The van der Waals surface area contributed by atoms with Crippen LogP contribution in [0.2, 0.25) is 0 Å². The largest absolute Gasteiger partial charge is 0.399 e. The number of aryl methyl sites for hydroxylation is 2. The first kappa shape index (κ1) is 11.7. The van der Waals surface area contributed by atoms with Crippen LogP contribution in [0, 0.1) is 6.92 Å². The molecule has 0 aliphatic rings. The summed E-state index contributed by atoms with van der Waals surface area (Å²) >= 11 is 0. The average Bonchev–Trinajstić information content (AvgIpc) is 2.29. The van der Waals surface area contributed by atoms with E-state index in [1.165, 1.54) is 28.7 Å². The van der Waals surface area contributed by atoms with Gasteiger partial charge in [0, 0.05) is 5.69 Å². The highest BCUT2D eigenvalue weighted by atomic mass is 14.5. The van der Waals surface area contributed by atoms with Crippen molar-refractivity contribution in [1.82, 2.24) is 0 Å². The maximum atomic E-state index is 5.87. The van der Waals surface area contributed by atoms with E-state index in [9.17, 15) is 0 Å². The van der Waals surface area contributed by atoms with E-state index in [0.29, 0.717) is 0 Å². The molecule has 17 heavy (non-hydrogen) atoms. The summed E-state index contributed by atoms with van der Waals surface area (Å²) in [6, 6.07) is 15.0. The summed E-state index contributed by atoms with van der Waals surface area (Å²) in [5.74, 6) is 0. The van der Waals surface area contributed by atoms with Gasteiger partial charge in [-0.2, -0.15) is 0 Å². The van der Waals surface area contributed by atoms with Gasteiger partial charge in [0.05, 0.1) is 0 Å². The van der Waals surface area contributed by atoms with Crippen LogP contribution in [-0.2, 0) is 6.42 Å². The number of benzene rings is 2. The molecule has 0 amide bonds. The molecule has 1 heteroatoms. The predicted molar refractivity (Wildman–Crippen MR) is 75.0 cm³/mol. The lowest BCUT2D eigenvalue weighted by molar-refractivity contribution is 0.922. The molecule has 0 saturated heterocycles. The van der Waals surface area contributed by atoms with Crippen LogP contribution < -0.4 is 5.73 Å². The monoisotopic (exact) mass is 225 g/mol. The molecule has 0 radical (unpaired) electrons. The highest BCUT2D eigenvalue weighted by molar-refractivity contribution is 5.68. The minimum Gasteiger partial charge on any atom is -0.399 e. The van der Waals surface area contributed by atoms with E-state index in [4.69, 9.17) is 5.73 Å². The first-order chi connectivity index (χ1) is 8.19. The Bertz CT molecular complexity index is 477. The van der Waals surface area contributed by atoms with E-state index >= 15 is 0 Å². The molecule has 2 aromatic rings. The molecule has 0 heterocycles. The summed E-state index contributed by atoms with van der Waals surface area (Å²) in [5, 5.41) is 0. The SMILES string of the molecule is CCCc1ccc(-c2cc(C)cc(N)c2)cc1. The van der Waals surface area contributed by atoms with E-state index < -0.39 is 0 Å². The third-order valence-corrected chi connectivity index (χ3v) is 2.93. The molecule has 0 bridgehead atoms. The van der Waals surface area contributed by atoms with Crippen molar-refractivity contribution in [2.75, 3.05) is 5.73 Å². The molecule has 0 aliphatic heterocycles. The third kappa shape index (κ3) is 2.88. The number of rotatable bonds is 3. The number of nitrogen functional groups attached to an aromatic ring is 1. The van der Waals surface area contributed by atoms with Crippen molar-refractivity contribution in [3.05, 3.63) is 53.6 Å². The Kier molecular flexibility index (Phi) is 3.48. The van der Waals surface area contributed by atoms with Crippen LogP contribution >= 0.6 is 0 Å². The normalized spacial score (nSPS) is 10.5. The van der Waals surface area contributed by atoms with E-state index in [0.717, 1.165) is 12.1 Å².